The fraction of sp³-hybridized carbons (Fsp3) is 0.250. The molecule has 1 N–H and O–H groups in total. The lowest BCUT2D eigenvalue weighted by Gasteiger charge is -2.08. The van der Waals surface area contributed by atoms with Crippen LogP contribution in [0.15, 0.2) is 24.3 Å². The number of para-hydroxylation sites is 2. The van der Waals surface area contributed by atoms with Gasteiger partial charge in [0.1, 0.15) is 5.75 Å². The van der Waals surface area contributed by atoms with Crippen molar-refractivity contribution in [2.75, 3.05) is 0 Å². The Labute approximate surface area is 66.9 Å². The Bertz CT molecular complexity index is 235. The summed E-state index contributed by atoms with van der Waals surface area (Å²) in [6, 6.07) is 6.95. The largest absolute Gasteiger partial charge is 0.559 e. The first-order valence-corrected chi connectivity index (χ1v) is 3.65. The van der Waals surface area contributed by atoms with E-state index in [0.29, 0.717) is 5.75 Å². The Kier molecular flexibility index (Phi) is 2.42. The molecule has 0 heterocycles. The molecule has 3 heteroatoms. The number of hydrogen-bond acceptors (Lipinski definition) is 2. The molecule has 0 aliphatic heterocycles. The maximum absolute atomic E-state index is 9.23. The van der Waals surface area contributed by atoms with Crippen LogP contribution >= 0.6 is 0 Å². The van der Waals surface area contributed by atoms with Crippen LogP contribution in [0.4, 0.5) is 0 Å². The molecule has 58 valence electrons. The third-order valence-corrected chi connectivity index (χ3v) is 1.23. The van der Waals surface area contributed by atoms with Gasteiger partial charge in [0.2, 0.25) is 0 Å². The van der Waals surface area contributed by atoms with E-state index >= 15 is 0 Å². The van der Waals surface area contributed by atoms with Crippen molar-refractivity contribution in [1.29, 1.82) is 0 Å². The monoisotopic (exact) mass is 150 g/mol. The summed E-state index contributed by atoms with van der Waals surface area (Å²) in [5.41, 5.74) is 0. The number of benzene rings is 1. The van der Waals surface area contributed by atoms with Crippen LogP contribution in [0.2, 0.25) is 13.6 Å². The second-order valence-electron chi connectivity index (χ2n) is 2.63. The van der Waals surface area contributed by atoms with Crippen LogP contribution in [0.25, 0.3) is 0 Å². The molecule has 0 aliphatic rings. The Morgan fingerprint density at radius 2 is 1.91 bits per heavy atom. The highest BCUT2D eigenvalue weighted by atomic mass is 16.4. The van der Waals surface area contributed by atoms with Gasteiger partial charge in [-0.2, -0.15) is 0 Å². The Morgan fingerprint density at radius 1 is 1.27 bits per heavy atom. The highest BCUT2D eigenvalue weighted by Gasteiger charge is 2.04. The van der Waals surface area contributed by atoms with E-state index in [0.717, 1.165) is 0 Å². The van der Waals surface area contributed by atoms with Crippen LogP contribution in [-0.2, 0) is 0 Å². The minimum Gasteiger partial charge on any atom is -0.559 e. The van der Waals surface area contributed by atoms with E-state index in [4.69, 9.17) is 4.65 Å². The number of hydrogen-bond donors (Lipinski definition) is 1. The lowest BCUT2D eigenvalue weighted by molar-refractivity contribution is 0.440. The summed E-state index contributed by atoms with van der Waals surface area (Å²) in [6.07, 6.45) is 0. The maximum atomic E-state index is 9.23. The van der Waals surface area contributed by atoms with Crippen molar-refractivity contribution in [3.63, 3.8) is 0 Å². The molecule has 0 radical (unpaired) electrons. The fourth-order valence-corrected chi connectivity index (χ4v) is 0.811. The average molecular weight is 150 g/mol. The van der Waals surface area contributed by atoms with Gasteiger partial charge in [0, 0.05) is 0 Å². The van der Waals surface area contributed by atoms with E-state index in [9.17, 15) is 5.11 Å². The molecule has 11 heavy (non-hydrogen) atoms. The topological polar surface area (TPSA) is 29.5 Å². The van der Waals surface area contributed by atoms with Gasteiger partial charge < -0.3 is 9.76 Å². The van der Waals surface area contributed by atoms with Crippen LogP contribution in [0.5, 0.6) is 11.5 Å². The van der Waals surface area contributed by atoms with Crippen LogP contribution in [-0.4, -0.2) is 12.0 Å². The summed E-state index contributed by atoms with van der Waals surface area (Å²) in [7, 11) is 0. The van der Waals surface area contributed by atoms with Gasteiger partial charge in [-0.15, -0.1) is 0 Å². The molecule has 0 saturated heterocycles. The molecule has 0 aromatic heterocycles. The van der Waals surface area contributed by atoms with Crippen molar-refractivity contribution < 1.29 is 9.76 Å². The molecule has 0 fully saturated rings. The van der Waals surface area contributed by atoms with Crippen molar-refractivity contribution in [3.8, 4) is 11.5 Å². The number of aromatic hydroxyl groups is 1. The molecule has 1 rings (SSSR count). The molecule has 0 amide bonds. The molecule has 0 atom stereocenters. The van der Waals surface area contributed by atoms with Gasteiger partial charge in [-0.3, -0.25) is 0 Å². The van der Waals surface area contributed by atoms with E-state index < -0.39 is 0 Å². The van der Waals surface area contributed by atoms with E-state index in [-0.39, 0.29) is 12.7 Å². The summed E-state index contributed by atoms with van der Waals surface area (Å²) in [4.78, 5) is 0. The first-order valence-electron chi connectivity index (χ1n) is 3.65. The second-order valence-corrected chi connectivity index (χ2v) is 2.63. The van der Waals surface area contributed by atoms with Crippen molar-refractivity contribution in [2.45, 2.75) is 13.6 Å². The fourth-order valence-electron chi connectivity index (χ4n) is 0.811. The zero-order chi connectivity index (χ0) is 8.27. The Morgan fingerprint density at radius 3 is 2.45 bits per heavy atom. The summed E-state index contributed by atoms with van der Waals surface area (Å²) in [5.74, 6) is 0.740. The Balaban J connectivity index is 2.78. The molecule has 1 aromatic carbocycles. The predicted octanol–water partition coefficient (Wildman–Crippen LogP) is 2.02. The highest BCUT2D eigenvalue weighted by molar-refractivity contribution is 6.49. The van der Waals surface area contributed by atoms with Gasteiger partial charge in [0.05, 0.1) is 0 Å². The van der Waals surface area contributed by atoms with Crippen molar-refractivity contribution >= 4 is 6.92 Å². The van der Waals surface area contributed by atoms with Gasteiger partial charge in [-0.1, -0.05) is 12.1 Å². The third kappa shape index (κ3) is 2.18. The van der Waals surface area contributed by atoms with E-state index in [1.165, 1.54) is 0 Å². The van der Waals surface area contributed by atoms with Crippen molar-refractivity contribution in [3.05, 3.63) is 24.3 Å². The molecule has 0 bridgehead atoms. The van der Waals surface area contributed by atoms with Crippen molar-refractivity contribution in [1.82, 2.24) is 0 Å². The van der Waals surface area contributed by atoms with Gasteiger partial charge in [0.25, 0.3) is 0 Å². The number of phenolic OH excluding ortho intramolecular Hbond substituents is 1. The molecule has 0 saturated carbocycles. The number of rotatable bonds is 2. The molecule has 1 aromatic rings. The van der Waals surface area contributed by atoms with Gasteiger partial charge in [-0.25, -0.2) is 0 Å². The summed E-state index contributed by atoms with van der Waals surface area (Å²) in [6.45, 7) is 3.95. The maximum Gasteiger partial charge on any atom is 0.351 e. The predicted molar refractivity (Wildman–Crippen MR) is 46.2 cm³/mol. The van der Waals surface area contributed by atoms with Crippen LogP contribution in [0, 0.1) is 0 Å². The lowest BCUT2D eigenvalue weighted by atomic mass is 9.75. The van der Waals surface area contributed by atoms with Crippen LogP contribution < -0.4 is 4.65 Å². The van der Waals surface area contributed by atoms with Crippen molar-refractivity contribution in [2.24, 2.45) is 0 Å². The summed E-state index contributed by atoms with van der Waals surface area (Å²) in [5, 5.41) is 9.23. The zero-order valence-corrected chi connectivity index (χ0v) is 6.74. The molecule has 2 nitrogen and oxygen atoms in total. The van der Waals surface area contributed by atoms with E-state index in [1.807, 2.05) is 19.7 Å². The molecule has 0 spiro atoms. The van der Waals surface area contributed by atoms with Crippen LogP contribution in [0.1, 0.15) is 0 Å². The average Bonchev–Trinajstić information content (AvgIpc) is 1.93. The second kappa shape index (κ2) is 3.33. The molecular weight excluding hydrogens is 139 g/mol. The SMILES string of the molecule is CB(C)Oc1ccccc1O. The molecule has 0 aliphatic carbocycles. The number of phenols is 1. The van der Waals surface area contributed by atoms with Crippen LogP contribution in [0.3, 0.4) is 0 Å². The van der Waals surface area contributed by atoms with E-state index in [1.54, 1.807) is 18.2 Å². The van der Waals surface area contributed by atoms with Gasteiger partial charge in [-0.05, 0) is 25.8 Å². The highest BCUT2D eigenvalue weighted by Crippen LogP contribution is 2.24. The third-order valence-electron chi connectivity index (χ3n) is 1.23. The van der Waals surface area contributed by atoms with Gasteiger partial charge in [0.15, 0.2) is 5.75 Å². The first kappa shape index (κ1) is 7.99. The minimum absolute atomic E-state index is 0.100. The summed E-state index contributed by atoms with van der Waals surface area (Å²) < 4.78 is 5.29. The van der Waals surface area contributed by atoms with Gasteiger partial charge >= 0.3 is 6.92 Å². The smallest absolute Gasteiger partial charge is 0.351 e. The Hall–Kier alpha value is -1.12. The van der Waals surface area contributed by atoms with E-state index in [2.05, 4.69) is 0 Å². The molecular formula is C8H11BO2. The standard InChI is InChI=1S/C8H11BO2/c1-9(2)11-8-6-4-3-5-7(8)10/h3-6,10H,1-2H3. The quantitative estimate of drug-likeness (QED) is 0.653. The molecule has 0 unspecified atom stereocenters. The lowest BCUT2D eigenvalue weighted by Crippen LogP contribution is -2.10. The summed E-state index contributed by atoms with van der Waals surface area (Å²) >= 11 is 0. The zero-order valence-electron chi connectivity index (χ0n) is 6.74. The first-order chi connectivity index (χ1) is 5.20. The normalized spacial score (nSPS) is 9.27. The minimum atomic E-state index is 0.100.